The van der Waals surface area contributed by atoms with Crippen LogP contribution in [-0.2, 0) is 16.5 Å². The molecule has 0 bridgehead atoms. The van der Waals surface area contributed by atoms with Crippen LogP contribution in [0.1, 0.15) is 44.6 Å². The van der Waals surface area contributed by atoms with E-state index in [1.54, 1.807) is 24.3 Å². The first-order valence-corrected chi connectivity index (χ1v) is 9.90. The summed E-state index contributed by atoms with van der Waals surface area (Å²) in [5, 5.41) is 12.3. The summed E-state index contributed by atoms with van der Waals surface area (Å²) in [5.74, 6) is 0.0723. The van der Waals surface area contributed by atoms with Gasteiger partial charge in [-0.25, -0.2) is 0 Å². The van der Waals surface area contributed by atoms with Crippen molar-refractivity contribution < 1.29 is 52.4 Å². The summed E-state index contributed by atoms with van der Waals surface area (Å²) >= 11 is 0. The van der Waals surface area contributed by atoms with Gasteiger partial charge in [0.05, 0.1) is 4.90 Å². The van der Waals surface area contributed by atoms with E-state index >= 15 is 0 Å². The fraction of sp³-hybridized carbons (Fsp3) is 0.368. The number of rotatable bonds is 9. The molecule has 1 N–H and O–H groups in total. The number of hydrogen-bond donors (Lipinski definition) is 1. The van der Waals surface area contributed by atoms with Crippen LogP contribution in [0.2, 0.25) is 0 Å². The van der Waals surface area contributed by atoms with Crippen molar-refractivity contribution in [3.05, 3.63) is 48.0 Å². The van der Waals surface area contributed by atoms with Crippen LogP contribution in [-0.4, -0.2) is 13.0 Å². The van der Waals surface area contributed by atoms with Gasteiger partial charge in [-0.15, -0.1) is 0 Å². The topological polar surface area (TPSA) is 86.7 Å². The molecule has 0 unspecified atom stereocenters. The Morgan fingerprint density at radius 3 is 2.31 bits per heavy atom. The van der Waals surface area contributed by atoms with E-state index in [0.717, 1.165) is 38.2 Å². The Balaban J connectivity index is 0.00000338. The van der Waals surface area contributed by atoms with Crippen molar-refractivity contribution in [2.24, 2.45) is 0 Å². The van der Waals surface area contributed by atoms with Gasteiger partial charge >= 0.3 is 29.6 Å². The van der Waals surface area contributed by atoms with Gasteiger partial charge in [0.15, 0.2) is 0 Å². The number of benzene rings is 2. The molecule has 0 aliphatic carbocycles. The molecule has 0 aliphatic rings. The normalized spacial score (nSPS) is 11.0. The molecule has 0 aromatic heterocycles. The average molecular weight is 386 g/mol. The SMILES string of the molecule is CCCCCCCc1cc(S(=O)(=O)O)cc([O-])c1Oc1ccccc1.[Na+]. The third-order valence-corrected chi connectivity index (χ3v) is 4.75. The summed E-state index contributed by atoms with van der Waals surface area (Å²) in [5.41, 5.74) is 0.500. The molecule has 0 atom stereocenters. The molecule has 7 heteroatoms. The van der Waals surface area contributed by atoms with Gasteiger partial charge in [0.25, 0.3) is 10.1 Å². The Kier molecular flexibility index (Phi) is 9.68. The van der Waals surface area contributed by atoms with E-state index in [1.165, 1.54) is 6.07 Å². The zero-order chi connectivity index (χ0) is 18.3. The van der Waals surface area contributed by atoms with Gasteiger partial charge in [0.2, 0.25) is 0 Å². The van der Waals surface area contributed by atoms with Crippen LogP contribution in [0.3, 0.4) is 0 Å². The maximum Gasteiger partial charge on any atom is 1.00 e. The van der Waals surface area contributed by atoms with Crippen LogP contribution in [0.25, 0.3) is 0 Å². The largest absolute Gasteiger partial charge is 1.00 e. The van der Waals surface area contributed by atoms with Crippen LogP contribution in [0.5, 0.6) is 17.2 Å². The van der Waals surface area contributed by atoms with Gasteiger partial charge in [-0.2, -0.15) is 8.42 Å². The Hall–Kier alpha value is -1.05. The predicted molar refractivity (Wildman–Crippen MR) is 94.7 cm³/mol. The van der Waals surface area contributed by atoms with Crippen molar-refractivity contribution in [2.75, 3.05) is 0 Å². The van der Waals surface area contributed by atoms with Crippen LogP contribution in [0.4, 0.5) is 0 Å². The Labute approximate surface area is 177 Å². The van der Waals surface area contributed by atoms with E-state index in [0.29, 0.717) is 17.7 Å². The third kappa shape index (κ3) is 6.93. The van der Waals surface area contributed by atoms with Crippen LogP contribution in [0, 0.1) is 0 Å². The summed E-state index contributed by atoms with van der Waals surface area (Å²) < 4.78 is 37.7. The number of para-hydroxylation sites is 1. The van der Waals surface area contributed by atoms with Gasteiger partial charge in [-0.3, -0.25) is 4.55 Å². The summed E-state index contributed by atoms with van der Waals surface area (Å²) in [6, 6.07) is 11.1. The summed E-state index contributed by atoms with van der Waals surface area (Å²) in [6.07, 6.45) is 5.69. The first kappa shape index (κ1) is 23.0. The zero-order valence-electron chi connectivity index (χ0n) is 15.3. The minimum absolute atomic E-state index is 0. The maximum absolute atomic E-state index is 12.3. The molecule has 0 fully saturated rings. The molecular formula is C19H23NaO5S. The van der Waals surface area contributed by atoms with Crippen molar-refractivity contribution in [3.63, 3.8) is 0 Å². The van der Waals surface area contributed by atoms with E-state index in [-0.39, 0.29) is 40.2 Å². The van der Waals surface area contributed by atoms with Gasteiger partial charge < -0.3 is 9.84 Å². The maximum atomic E-state index is 12.3. The van der Waals surface area contributed by atoms with Gasteiger partial charge in [0.1, 0.15) is 11.5 Å². The molecule has 0 amide bonds. The standard InChI is InChI=1S/C19H24O5S.Na/c1-2-3-4-5-7-10-15-13-17(25(21,22)23)14-18(20)19(15)24-16-11-8-6-9-12-16;/h6,8-9,11-14,20H,2-5,7,10H2,1H3,(H,21,22,23);/q;+1/p-1. The molecular weight excluding hydrogens is 363 g/mol. The fourth-order valence-electron chi connectivity index (χ4n) is 2.61. The van der Waals surface area contributed by atoms with Gasteiger partial charge in [0, 0.05) is 0 Å². The minimum atomic E-state index is -4.43. The van der Waals surface area contributed by atoms with E-state index in [9.17, 15) is 18.1 Å². The molecule has 5 nitrogen and oxygen atoms in total. The summed E-state index contributed by atoms with van der Waals surface area (Å²) in [6.45, 7) is 2.13. The van der Waals surface area contributed by atoms with E-state index in [4.69, 9.17) is 4.74 Å². The van der Waals surface area contributed by atoms with Crippen molar-refractivity contribution in [1.82, 2.24) is 0 Å². The Morgan fingerprint density at radius 1 is 1.04 bits per heavy atom. The first-order chi connectivity index (χ1) is 11.9. The number of aryl methyl sites for hydroxylation is 1. The fourth-order valence-corrected chi connectivity index (χ4v) is 3.15. The van der Waals surface area contributed by atoms with Gasteiger partial charge in [-0.1, -0.05) is 56.6 Å². The monoisotopic (exact) mass is 386 g/mol. The number of ether oxygens (including phenoxy) is 1. The number of hydrogen-bond acceptors (Lipinski definition) is 4. The second-order valence-electron chi connectivity index (χ2n) is 5.96. The second kappa shape index (κ2) is 10.9. The molecule has 2 aromatic carbocycles. The minimum Gasteiger partial charge on any atom is -0.870 e. The molecule has 136 valence electrons. The summed E-state index contributed by atoms with van der Waals surface area (Å²) in [4.78, 5) is -0.388. The summed E-state index contributed by atoms with van der Waals surface area (Å²) in [7, 11) is -4.43. The van der Waals surface area contributed by atoms with E-state index < -0.39 is 15.9 Å². The van der Waals surface area contributed by atoms with Crippen LogP contribution in [0.15, 0.2) is 47.4 Å². The molecule has 26 heavy (non-hydrogen) atoms. The molecule has 0 heterocycles. The number of unbranched alkanes of at least 4 members (excludes halogenated alkanes) is 4. The van der Waals surface area contributed by atoms with Crippen LogP contribution < -0.4 is 39.4 Å². The quantitative estimate of drug-likeness (QED) is 0.399. The van der Waals surface area contributed by atoms with E-state index in [1.807, 2.05) is 6.07 Å². The van der Waals surface area contributed by atoms with Crippen molar-refractivity contribution >= 4 is 10.1 Å². The van der Waals surface area contributed by atoms with Crippen molar-refractivity contribution in [2.45, 2.75) is 50.3 Å². The zero-order valence-corrected chi connectivity index (χ0v) is 18.1. The Morgan fingerprint density at radius 2 is 1.69 bits per heavy atom. The van der Waals surface area contributed by atoms with Crippen molar-refractivity contribution in [1.29, 1.82) is 0 Å². The molecule has 0 saturated heterocycles. The van der Waals surface area contributed by atoms with E-state index in [2.05, 4.69) is 6.92 Å². The first-order valence-electron chi connectivity index (χ1n) is 8.46. The smallest absolute Gasteiger partial charge is 0.870 e. The van der Waals surface area contributed by atoms with Crippen molar-refractivity contribution in [3.8, 4) is 17.2 Å². The molecule has 2 aromatic rings. The molecule has 0 aliphatic heterocycles. The second-order valence-corrected chi connectivity index (χ2v) is 7.39. The van der Waals surface area contributed by atoms with Crippen LogP contribution >= 0.6 is 0 Å². The molecule has 0 radical (unpaired) electrons. The third-order valence-electron chi connectivity index (χ3n) is 3.92. The van der Waals surface area contributed by atoms with Gasteiger partial charge in [-0.05, 0) is 42.7 Å². The molecule has 2 rings (SSSR count). The Bertz CT molecular complexity index is 791. The predicted octanol–water partition coefficient (Wildman–Crippen LogP) is 1.32. The molecule has 0 saturated carbocycles. The average Bonchev–Trinajstić information content (AvgIpc) is 2.57. The molecule has 0 spiro atoms.